The van der Waals surface area contributed by atoms with E-state index in [1.54, 1.807) is 6.07 Å². The van der Waals surface area contributed by atoms with Crippen LogP contribution < -0.4 is 11.1 Å². The molecule has 0 fully saturated rings. The smallest absolute Gasteiger partial charge is 0.338 e. The van der Waals surface area contributed by atoms with Crippen LogP contribution >= 0.6 is 0 Å². The minimum absolute atomic E-state index is 0.138. The van der Waals surface area contributed by atoms with Crippen LogP contribution in [-0.2, 0) is 11.2 Å². The van der Waals surface area contributed by atoms with E-state index >= 15 is 0 Å². The van der Waals surface area contributed by atoms with Gasteiger partial charge in [0, 0.05) is 6.54 Å². The SMILES string of the molecule is CC(C)(C)OC(=O)c1ccc2c(c1)CCN[C@@H]2N. The summed E-state index contributed by atoms with van der Waals surface area (Å²) >= 11 is 0. The van der Waals surface area contributed by atoms with E-state index in [0.717, 1.165) is 24.1 Å². The largest absolute Gasteiger partial charge is 0.456 e. The van der Waals surface area contributed by atoms with Gasteiger partial charge in [-0.3, -0.25) is 5.32 Å². The van der Waals surface area contributed by atoms with Crippen LogP contribution in [0.3, 0.4) is 0 Å². The Kier molecular flexibility index (Phi) is 3.41. The third kappa shape index (κ3) is 2.89. The maximum Gasteiger partial charge on any atom is 0.338 e. The molecule has 4 nitrogen and oxygen atoms in total. The van der Waals surface area contributed by atoms with Crippen LogP contribution in [0, 0.1) is 0 Å². The van der Waals surface area contributed by atoms with Crippen molar-refractivity contribution in [1.82, 2.24) is 5.32 Å². The standard InChI is InChI=1S/C14H20N2O2/c1-14(2,3)18-13(17)10-4-5-11-9(8-10)6-7-16-12(11)15/h4-5,8,12,16H,6-7,15H2,1-3H3/t12-/m0/s1. The summed E-state index contributed by atoms with van der Waals surface area (Å²) in [5.41, 5.74) is 8.27. The highest BCUT2D eigenvalue weighted by Crippen LogP contribution is 2.22. The fraction of sp³-hybridized carbons (Fsp3) is 0.500. The normalized spacial score (nSPS) is 19.2. The lowest BCUT2D eigenvalue weighted by Gasteiger charge is -2.24. The fourth-order valence-electron chi connectivity index (χ4n) is 2.06. The van der Waals surface area contributed by atoms with E-state index < -0.39 is 5.60 Å². The topological polar surface area (TPSA) is 64.3 Å². The third-order valence-corrected chi connectivity index (χ3v) is 2.87. The highest BCUT2D eigenvalue weighted by atomic mass is 16.6. The zero-order valence-corrected chi connectivity index (χ0v) is 11.1. The molecule has 98 valence electrons. The number of carbonyl (C=O) groups is 1. The lowest BCUT2D eigenvalue weighted by Crippen LogP contribution is -2.35. The van der Waals surface area contributed by atoms with Gasteiger partial charge in [0.05, 0.1) is 11.7 Å². The zero-order valence-electron chi connectivity index (χ0n) is 11.1. The summed E-state index contributed by atoms with van der Waals surface area (Å²) in [6, 6.07) is 5.58. The van der Waals surface area contributed by atoms with Crippen LogP contribution in [0.2, 0.25) is 0 Å². The van der Waals surface area contributed by atoms with Crippen molar-refractivity contribution in [3.8, 4) is 0 Å². The van der Waals surface area contributed by atoms with Crippen molar-refractivity contribution in [2.75, 3.05) is 6.54 Å². The number of fused-ring (bicyclic) bond motifs is 1. The maximum absolute atomic E-state index is 12.0. The molecule has 0 unspecified atom stereocenters. The van der Waals surface area contributed by atoms with Gasteiger partial charge < -0.3 is 10.5 Å². The highest BCUT2D eigenvalue weighted by molar-refractivity contribution is 5.90. The van der Waals surface area contributed by atoms with E-state index in [2.05, 4.69) is 5.32 Å². The molecule has 1 aliphatic heterocycles. The van der Waals surface area contributed by atoms with E-state index in [1.165, 1.54) is 0 Å². The van der Waals surface area contributed by atoms with Gasteiger partial charge in [0.25, 0.3) is 0 Å². The van der Waals surface area contributed by atoms with Crippen LogP contribution in [0.4, 0.5) is 0 Å². The summed E-state index contributed by atoms with van der Waals surface area (Å²) in [6.45, 7) is 6.43. The number of benzene rings is 1. The number of rotatable bonds is 1. The molecule has 0 aliphatic carbocycles. The summed E-state index contributed by atoms with van der Waals surface area (Å²) in [5.74, 6) is -0.280. The second-order valence-corrected chi connectivity index (χ2v) is 5.60. The van der Waals surface area contributed by atoms with Gasteiger partial charge in [-0.25, -0.2) is 4.79 Å². The number of hydrogen-bond acceptors (Lipinski definition) is 4. The van der Waals surface area contributed by atoms with E-state index in [1.807, 2.05) is 32.9 Å². The molecule has 1 aromatic carbocycles. The van der Waals surface area contributed by atoms with E-state index in [4.69, 9.17) is 10.5 Å². The molecule has 0 bridgehead atoms. The monoisotopic (exact) mass is 248 g/mol. The summed E-state index contributed by atoms with van der Waals surface area (Å²) in [4.78, 5) is 12.0. The number of ether oxygens (including phenoxy) is 1. The Morgan fingerprint density at radius 3 is 2.83 bits per heavy atom. The first kappa shape index (κ1) is 13.1. The summed E-state index contributed by atoms with van der Waals surface area (Å²) in [6.07, 6.45) is 0.751. The zero-order chi connectivity index (χ0) is 13.3. The summed E-state index contributed by atoms with van der Waals surface area (Å²) in [5, 5.41) is 3.19. The lowest BCUT2D eigenvalue weighted by molar-refractivity contribution is 0.00693. The number of nitrogens with one attached hydrogen (secondary N) is 1. The molecule has 0 radical (unpaired) electrons. The van der Waals surface area contributed by atoms with E-state index in [9.17, 15) is 4.79 Å². The Labute approximate surface area is 108 Å². The van der Waals surface area contributed by atoms with Gasteiger partial charge in [-0.1, -0.05) is 6.07 Å². The first-order valence-corrected chi connectivity index (χ1v) is 6.22. The number of hydrogen-bond donors (Lipinski definition) is 2. The molecule has 1 heterocycles. The highest BCUT2D eigenvalue weighted by Gasteiger charge is 2.21. The predicted octanol–water partition coefficient (Wildman–Crippen LogP) is 1.74. The van der Waals surface area contributed by atoms with Gasteiger partial charge in [-0.2, -0.15) is 0 Å². The molecular formula is C14H20N2O2. The average molecular weight is 248 g/mol. The van der Waals surface area contributed by atoms with Crippen molar-refractivity contribution >= 4 is 5.97 Å². The molecule has 3 N–H and O–H groups in total. The Morgan fingerprint density at radius 1 is 1.44 bits per heavy atom. The molecule has 4 heteroatoms. The van der Waals surface area contributed by atoms with Crippen LogP contribution in [-0.4, -0.2) is 18.1 Å². The first-order valence-electron chi connectivity index (χ1n) is 6.22. The third-order valence-electron chi connectivity index (χ3n) is 2.87. The molecule has 1 aliphatic rings. The number of carbonyl (C=O) groups excluding carboxylic acids is 1. The van der Waals surface area contributed by atoms with E-state index in [-0.39, 0.29) is 12.1 Å². The molecule has 0 spiro atoms. The first-order chi connectivity index (χ1) is 8.37. The van der Waals surface area contributed by atoms with Gasteiger partial charge in [-0.05, 0) is 50.5 Å². The molecule has 1 atom stereocenters. The van der Waals surface area contributed by atoms with Gasteiger partial charge in [0.2, 0.25) is 0 Å². The molecule has 1 aromatic rings. The molecule has 0 saturated heterocycles. The van der Waals surface area contributed by atoms with Gasteiger partial charge in [0.15, 0.2) is 0 Å². The minimum Gasteiger partial charge on any atom is -0.456 e. The van der Waals surface area contributed by atoms with Gasteiger partial charge in [-0.15, -0.1) is 0 Å². The second kappa shape index (κ2) is 4.71. The van der Waals surface area contributed by atoms with Crippen molar-refractivity contribution in [1.29, 1.82) is 0 Å². The molecule has 18 heavy (non-hydrogen) atoms. The molecular weight excluding hydrogens is 228 g/mol. The predicted molar refractivity (Wildman–Crippen MR) is 70.2 cm³/mol. The Bertz CT molecular complexity index is 463. The second-order valence-electron chi connectivity index (χ2n) is 5.60. The van der Waals surface area contributed by atoms with Gasteiger partial charge in [0.1, 0.15) is 5.60 Å². The molecule has 0 amide bonds. The quantitative estimate of drug-likeness (QED) is 0.743. The minimum atomic E-state index is -0.467. The summed E-state index contributed by atoms with van der Waals surface area (Å²) < 4.78 is 5.36. The van der Waals surface area contributed by atoms with Crippen LogP contribution in [0.1, 0.15) is 48.4 Å². The van der Waals surface area contributed by atoms with Crippen molar-refractivity contribution in [3.05, 3.63) is 34.9 Å². The lowest BCUT2D eigenvalue weighted by atomic mass is 9.96. The van der Waals surface area contributed by atoms with E-state index in [0.29, 0.717) is 5.56 Å². The molecule has 0 saturated carbocycles. The number of nitrogens with two attached hydrogens (primary N) is 1. The van der Waals surface area contributed by atoms with Crippen molar-refractivity contribution in [3.63, 3.8) is 0 Å². The van der Waals surface area contributed by atoms with Crippen LogP contribution in [0.5, 0.6) is 0 Å². The fourth-order valence-corrected chi connectivity index (χ4v) is 2.06. The Balaban J connectivity index is 2.23. The number of esters is 1. The van der Waals surface area contributed by atoms with Crippen molar-refractivity contribution in [2.24, 2.45) is 5.73 Å². The van der Waals surface area contributed by atoms with Crippen molar-refractivity contribution < 1.29 is 9.53 Å². The molecule has 2 rings (SSSR count). The molecule has 0 aromatic heterocycles. The summed E-state index contributed by atoms with van der Waals surface area (Å²) in [7, 11) is 0. The maximum atomic E-state index is 12.0. The van der Waals surface area contributed by atoms with Crippen LogP contribution in [0.15, 0.2) is 18.2 Å². The van der Waals surface area contributed by atoms with Crippen molar-refractivity contribution in [2.45, 2.75) is 39.0 Å². The Hall–Kier alpha value is -1.39. The van der Waals surface area contributed by atoms with Crippen LogP contribution in [0.25, 0.3) is 0 Å². The average Bonchev–Trinajstić information content (AvgIpc) is 2.26. The van der Waals surface area contributed by atoms with Gasteiger partial charge >= 0.3 is 5.97 Å². The Morgan fingerprint density at radius 2 is 2.17 bits per heavy atom.